The molecule has 6 heteroatoms. The van der Waals surface area contributed by atoms with Crippen LogP contribution in [0, 0.1) is 11.8 Å². The normalized spacial score (nSPS) is 12.7. The minimum atomic E-state index is -0.977. The van der Waals surface area contributed by atoms with Crippen molar-refractivity contribution in [2.45, 2.75) is 58.3 Å². The first-order valence-electron chi connectivity index (χ1n) is 9.77. The zero-order valence-corrected chi connectivity index (χ0v) is 16.9. The number of amides is 2. The van der Waals surface area contributed by atoms with Crippen LogP contribution in [0.4, 0.5) is 0 Å². The maximum atomic E-state index is 12.3. The molecule has 0 aromatic carbocycles. The monoisotopic (exact) mass is 380 g/mol. The predicted molar refractivity (Wildman–Crippen MR) is 108 cm³/mol. The second-order valence-electron chi connectivity index (χ2n) is 7.17. The summed E-state index contributed by atoms with van der Waals surface area (Å²) in [6.07, 6.45) is 8.75. The Kier molecular flexibility index (Phi) is 13.8. The van der Waals surface area contributed by atoms with E-state index in [1.54, 1.807) is 18.0 Å². The van der Waals surface area contributed by atoms with E-state index in [0.29, 0.717) is 19.4 Å². The molecule has 2 amide bonds. The highest BCUT2D eigenvalue weighted by Crippen LogP contribution is 2.14. The predicted octanol–water partition coefficient (Wildman–Crippen LogP) is 3.39. The maximum Gasteiger partial charge on any atom is 0.304 e. The fourth-order valence-electron chi connectivity index (χ4n) is 2.75. The van der Waals surface area contributed by atoms with Crippen molar-refractivity contribution in [3.63, 3.8) is 0 Å². The highest BCUT2D eigenvalue weighted by Gasteiger charge is 2.22. The van der Waals surface area contributed by atoms with Crippen molar-refractivity contribution < 1.29 is 19.5 Å². The lowest BCUT2D eigenvalue weighted by Crippen LogP contribution is -2.36. The Morgan fingerprint density at radius 2 is 1.70 bits per heavy atom. The molecular weight excluding hydrogens is 344 g/mol. The first-order chi connectivity index (χ1) is 12.8. The van der Waals surface area contributed by atoms with Crippen LogP contribution in [0.5, 0.6) is 0 Å². The highest BCUT2D eigenvalue weighted by molar-refractivity contribution is 5.83. The Balaban J connectivity index is 4.30. The number of aliphatic carboxylic acids is 1. The molecule has 0 saturated heterocycles. The average Bonchev–Trinajstić information content (AvgIpc) is 2.62. The number of carbonyl (C=O) groups is 3. The van der Waals surface area contributed by atoms with Crippen molar-refractivity contribution in [2.24, 2.45) is 11.8 Å². The number of hydrogen-bond donors (Lipinski definition) is 2. The van der Waals surface area contributed by atoms with Crippen molar-refractivity contribution in [3.05, 3.63) is 25.3 Å². The summed E-state index contributed by atoms with van der Waals surface area (Å²) in [5.74, 6) is -1.72. The number of allylic oxidation sites excluding steroid dienone is 2. The van der Waals surface area contributed by atoms with Crippen LogP contribution in [0.3, 0.4) is 0 Å². The summed E-state index contributed by atoms with van der Waals surface area (Å²) in [7, 11) is 1.80. The molecule has 2 atom stereocenters. The van der Waals surface area contributed by atoms with Crippen molar-refractivity contribution >= 4 is 17.8 Å². The van der Waals surface area contributed by atoms with Gasteiger partial charge in [-0.2, -0.15) is 0 Å². The van der Waals surface area contributed by atoms with Crippen LogP contribution >= 0.6 is 0 Å². The largest absolute Gasteiger partial charge is 0.481 e. The number of hydrogen-bond acceptors (Lipinski definition) is 3. The minimum absolute atomic E-state index is 0.00396. The van der Waals surface area contributed by atoms with Gasteiger partial charge in [-0.1, -0.05) is 19.1 Å². The lowest BCUT2D eigenvalue weighted by atomic mass is 9.97. The summed E-state index contributed by atoms with van der Waals surface area (Å²) in [5, 5.41) is 11.8. The van der Waals surface area contributed by atoms with Gasteiger partial charge in [0.1, 0.15) is 0 Å². The first kappa shape index (κ1) is 24.9. The van der Waals surface area contributed by atoms with E-state index in [4.69, 9.17) is 5.11 Å². The van der Waals surface area contributed by atoms with Gasteiger partial charge in [-0.05, 0) is 44.4 Å². The lowest BCUT2D eigenvalue weighted by molar-refractivity contribution is -0.141. The molecule has 6 nitrogen and oxygen atoms in total. The molecule has 27 heavy (non-hydrogen) atoms. The van der Waals surface area contributed by atoms with Crippen LogP contribution in [0.15, 0.2) is 25.3 Å². The average molecular weight is 381 g/mol. The molecule has 2 N–H and O–H groups in total. The Bertz CT molecular complexity index is 491. The smallest absolute Gasteiger partial charge is 0.304 e. The zero-order valence-electron chi connectivity index (χ0n) is 16.9. The van der Waals surface area contributed by atoms with Crippen LogP contribution in [-0.4, -0.2) is 47.9 Å². The van der Waals surface area contributed by atoms with Gasteiger partial charge in [0.15, 0.2) is 0 Å². The summed E-state index contributed by atoms with van der Waals surface area (Å²) in [6, 6.07) is 0. The summed E-state index contributed by atoms with van der Waals surface area (Å²) in [5.41, 5.74) is 0. The summed E-state index contributed by atoms with van der Waals surface area (Å²) < 4.78 is 0. The quantitative estimate of drug-likeness (QED) is 0.317. The van der Waals surface area contributed by atoms with Crippen LogP contribution in [-0.2, 0) is 14.4 Å². The van der Waals surface area contributed by atoms with Crippen molar-refractivity contribution in [1.82, 2.24) is 10.2 Å². The van der Waals surface area contributed by atoms with E-state index in [1.807, 2.05) is 13.0 Å². The summed E-state index contributed by atoms with van der Waals surface area (Å²) in [4.78, 5) is 37.2. The highest BCUT2D eigenvalue weighted by atomic mass is 16.4. The molecule has 0 radical (unpaired) electrons. The van der Waals surface area contributed by atoms with Gasteiger partial charge in [0.25, 0.3) is 0 Å². The number of nitrogens with zero attached hydrogens (tertiary/aromatic N) is 1. The van der Waals surface area contributed by atoms with E-state index in [9.17, 15) is 14.4 Å². The van der Waals surface area contributed by atoms with Gasteiger partial charge < -0.3 is 15.3 Å². The molecule has 0 spiro atoms. The van der Waals surface area contributed by atoms with E-state index < -0.39 is 11.9 Å². The molecule has 0 unspecified atom stereocenters. The molecule has 0 aromatic heterocycles. The van der Waals surface area contributed by atoms with E-state index >= 15 is 0 Å². The van der Waals surface area contributed by atoms with Gasteiger partial charge in [0.2, 0.25) is 11.8 Å². The van der Waals surface area contributed by atoms with E-state index in [2.05, 4.69) is 18.5 Å². The molecule has 0 fully saturated rings. The summed E-state index contributed by atoms with van der Waals surface area (Å²) in [6.45, 7) is 10.3. The second kappa shape index (κ2) is 15.0. The Labute approximate surface area is 163 Å². The molecular formula is C21H36N2O4. The third-order valence-corrected chi connectivity index (χ3v) is 4.48. The van der Waals surface area contributed by atoms with E-state index in [1.165, 1.54) is 0 Å². The Hall–Kier alpha value is -2.11. The van der Waals surface area contributed by atoms with Crippen molar-refractivity contribution in [1.29, 1.82) is 0 Å². The molecule has 154 valence electrons. The van der Waals surface area contributed by atoms with Crippen LogP contribution in [0.25, 0.3) is 0 Å². The van der Waals surface area contributed by atoms with Crippen molar-refractivity contribution in [3.8, 4) is 0 Å². The second-order valence-corrected chi connectivity index (χ2v) is 7.17. The van der Waals surface area contributed by atoms with E-state index in [0.717, 1.165) is 38.6 Å². The number of unbranched alkanes of at least 4 members (excludes halogenated alkanes) is 3. The first-order valence-corrected chi connectivity index (χ1v) is 9.77. The number of rotatable bonds is 16. The SMILES string of the molecule is C=CCCCCN(C)C(=O)C[C@H](C)CNC(=O)[C@H](CCCC=C)CC(=O)O. The van der Waals surface area contributed by atoms with Crippen LogP contribution < -0.4 is 5.32 Å². The molecule has 0 bridgehead atoms. The fraction of sp³-hybridized carbons (Fsp3) is 0.667. The van der Waals surface area contributed by atoms with Gasteiger partial charge in [0.05, 0.1) is 6.42 Å². The van der Waals surface area contributed by atoms with Crippen molar-refractivity contribution in [2.75, 3.05) is 20.1 Å². The molecule has 0 aliphatic rings. The number of carboxylic acids is 1. The lowest BCUT2D eigenvalue weighted by Gasteiger charge is -2.21. The number of carbonyl (C=O) groups excluding carboxylic acids is 2. The van der Waals surface area contributed by atoms with Gasteiger partial charge in [0, 0.05) is 32.5 Å². The third kappa shape index (κ3) is 12.8. The van der Waals surface area contributed by atoms with Gasteiger partial charge in [-0.3, -0.25) is 14.4 Å². The molecule has 0 aliphatic carbocycles. The number of nitrogens with one attached hydrogen (secondary N) is 1. The van der Waals surface area contributed by atoms with Crippen LogP contribution in [0.1, 0.15) is 58.3 Å². The number of carboxylic acid groups (broad SMARTS) is 1. The van der Waals surface area contributed by atoms with Gasteiger partial charge in [-0.25, -0.2) is 0 Å². The topological polar surface area (TPSA) is 86.7 Å². The summed E-state index contributed by atoms with van der Waals surface area (Å²) >= 11 is 0. The Morgan fingerprint density at radius 3 is 2.30 bits per heavy atom. The third-order valence-electron chi connectivity index (χ3n) is 4.48. The Morgan fingerprint density at radius 1 is 1.07 bits per heavy atom. The standard InChI is InChI=1S/C21H36N2O4/c1-5-7-9-11-13-23(4)19(24)14-17(3)16-22-21(27)18(15-20(25)26)12-10-8-6-2/h5-6,17-18H,1-2,7-16H2,3-4H3,(H,22,27)(H,25,26)/t17-,18+/m0/s1. The maximum absolute atomic E-state index is 12.3. The molecule has 0 aliphatic heterocycles. The molecule has 0 saturated carbocycles. The van der Waals surface area contributed by atoms with Gasteiger partial charge in [-0.15, -0.1) is 13.2 Å². The minimum Gasteiger partial charge on any atom is -0.481 e. The fourth-order valence-corrected chi connectivity index (χ4v) is 2.75. The molecule has 0 aromatic rings. The molecule has 0 rings (SSSR count). The molecule has 0 heterocycles. The zero-order chi connectivity index (χ0) is 20.7. The van der Waals surface area contributed by atoms with E-state index in [-0.39, 0.29) is 24.2 Å². The van der Waals surface area contributed by atoms with Crippen LogP contribution in [0.2, 0.25) is 0 Å². The van der Waals surface area contributed by atoms with Gasteiger partial charge >= 0.3 is 5.97 Å².